The maximum absolute atomic E-state index is 11.0. The zero-order valence-electron chi connectivity index (χ0n) is 8.44. The molecule has 0 N–H and O–H groups in total. The molecule has 0 unspecified atom stereocenters. The number of nitrogens with zero attached hydrogens (tertiary/aromatic N) is 1. The molecule has 1 rings (SSSR count). The van der Waals surface area contributed by atoms with Crippen LogP contribution in [0.5, 0.6) is 5.75 Å². The van der Waals surface area contributed by atoms with Crippen molar-refractivity contribution in [2.24, 2.45) is 0 Å². The molecule has 0 heterocycles. The van der Waals surface area contributed by atoms with E-state index in [0.717, 1.165) is 17.0 Å². The number of carbonyl (C=O) groups excluding carboxylic acids is 1. The van der Waals surface area contributed by atoms with Gasteiger partial charge in [-0.3, -0.25) is 4.79 Å². The number of anilines is 1. The highest BCUT2D eigenvalue weighted by Gasteiger charge is 2.08. The van der Waals surface area contributed by atoms with Crippen molar-refractivity contribution in [2.45, 2.75) is 6.92 Å². The first-order valence-corrected chi connectivity index (χ1v) is 4.62. The van der Waals surface area contributed by atoms with Crippen molar-refractivity contribution in [3.63, 3.8) is 0 Å². The second-order valence-corrected chi connectivity index (χ2v) is 3.38. The summed E-state index contributed by atoms with van der Waals surface area (Å²) in [4.78, 5) is 12.4. The third-order valence-electron chi connectivity index (χ3n) is 2.07. The summed E-state index contributed by atoms with van der Waals surface area (Å²) in [6.07, 6.45) is 0. The highest BCUT2D eigenvalue weighted by atomic mass is 32.1. The van der Waals surface area contributed by atoms with Crippen molar-refractivity contribution < 1.29 is 9.53 Å². The van der Waals surface area contributed by atoms with Gasteiger partial charge in [-0.1, -0.05) is 18.7 Å². The summed E-state index contributed by atoms with van der Waals surface area (Å²) >= 11 is 3.74. The van der Waals surface area contributed by atoms with Crippen LogP contribution in [0.15, 0.2) is 18.2 Å². The van der Waals surface area contributed by atoms with Crippen molar-refractivity contribution in [1.29, 1.82) is 0 Å². The Hall–Kier alpha value is -1.16. The minimum atomic E-state index is -0.295. The van der Waals surface area contributed by atoms with Crippen LogP contribution in [0.4, 0.5) is 10.5 Å². The van der Waals surface area contributed by atoms with E-state index in [2.05, 4.69) is 12.6 Å². The van der Waals surface area contributed by atoms with Gasteiger partial charge < -0.3 is 9.64 Å². The number of thiol groups is 1. The summed E-state index contributed by atoms with van der Waals surface area (Å²) in [5, 5.41) is -0.295. The van der Waals surface area contributed by atoms with E-state index >= 15 is 0 Å². The Morgan fingerprint density at radius 2 is 2.14 bits per heavy atom. The zero-order chi connectivity index (χ0) is 10.7. The van der Waals surface area contributed by atoms with Crippen LogP contribution >= 0.6 is 12.6 Å². The van der Waals surface area contributed by atoms with Crippen LogP contribution < -0.4 is 9.64 Å². The van der Waals surface area contributed by atoms with Gasteiger partial charge in [-0.2, -0.15) is 0 Å². The monoisotopic (exact) mass is 211 g/mol. The molecular formula is C10H13NO2S. The number of hydrogen-bond donors (Lipinski definition) is 1. The SMILES string of the molecule is COc1cc(N(C)C(=O)S)ccc1C. The molecule has 76 valence electrons. The lowest BCUT2D eigenvalue weighted by molar-refractivity contribution is 0.266. The Bertz CT molecular complexity index is 352. The van der Waals surface area contributed by atoms with Crippen molar-refractivity contribution in [2.75, 3.05) is 19.1 Å². The predicted molar refractivity (Wildman–Crippen MR) is 60.5 cm³/mol. The molecule has 14 heavy (non-hydrogen) atoms. The van der Waals surface area contributed by atoms with Crippen LogP contribution in [0, 0.1) is 6.92 Å². The maximum Gasteiger partial charge on any atom is 0.282 e. The second kappa shape index (κ2) is 4.37. The lowest BCUT2D eigenvalue weighted by Crippen LogP contribution is -2.19. The molecule has 0 fully saturated rings. The van der Waals surface area contributed by atoms with Crippen LogP contribution in [0.3, 0.4) is 0 Å². The van der Waals surface area contributed by atoms with Crippen LogP contribution in [-0.2, 0) is 0 Å². The normalized spacial score (nSPS) is 9.71. The largest absolute Gasteiger partial charge is 0.496 e. The van der Waals surface area contributed by atoms with E-state index in [-0.39, 0.29) is 5.24 Å². The third kappa shape index (κ3) is 2.20. The van der Waals surface area contributed by atoms with Crippen molar-refractivity contribution in [3.8, 4) is 5.75 Å². The Morgan fingerprint density at radius 1 is 1.50 bits per heavy atom. The van der Waals surface area contributed by atoms with Gasteiger partial charge in [0.1, 0.15) is 5.75 Å². The van der Waals surface area contributed by atoms with Crippen molar-refractivity contribution in [3.05, 3.63) is 23.8 Å². The summed E-state index contributed by atoms with van der Waals surface area (Å²) in [6, 6.07) is 5.57. The molecule has 3 nitrogen and oxygen atoms in total. The minimum Gasteiger partial charge on any atom is -0.496 e. The van der Waals surface area contributed by atoms with Crippen molar-refractivity contribution >= 4 is 23.6 Å². The molecule has 1 aromatic carbocycles. The van der Waals surface area contributed by atoms with Gasteiger partial charge in [0.15, 0.2) is 0 Å². The van der Waals surface area contributed by atoms with E-state index in [1.54, 1.807) is 14.2 Å². The summed E-state index contributed by atoms with van der Waals surface area (Å²) in [6.45, 7) is 1.95. The average molecular weight is 211 g/mol. The van der Waals surface area contributed by atoms with E-state index in [9.17, 15) is 4.79 Å². The molecule has 1 aromatic rings. The van der Waals surface area contributed by atoms with Gasteiger partial charge in [0.05, 0.1) is 7.11 Å². The highest BCUT2D eigenvalue weighted by Crippen LogP contribution is 2.24. The highest BCUT2D eigenvalue weighted by molar-refractivity contribution is 7.96. The molecule has 0 spiro atoms. The maximum atomic E-state index is 11.0. The topological polar surface area (TPSA) is 29.5 Å². The molecular weight excluding hydrogens is 198 g/mol. The molecule has 1 amide bonds. The smallest absolute Gasteiger partial charge is 0.282 e. The number of rotatable bonds is 2. The third-order valence-corrected chi connectivity index (χ3v) is 2.37. The molecule has 4 heteroatoms. The second-order valence-electron chi connectivity index (χ2n) is 3.00. The summed E-state index contributed by atoms with van der Waals surface area (Å²) in [5.74, 6) is 0.768. The van der Waals surface area contributed by atoms with E-state index in [1.165, 1.54) is 4.90 Å². The first-order chi connectivity index (χ1) is 6.56. The Labute approximate surface area is 89.1 Å². The van der Waals surface area contributed by atoms with Gasteiger partial charge in [-0.25, -0.2) is 0 Å². The van der Waals surface area contributed by atoms with Gasteiger partial charge >= 0.3 is 0 Å². The standard InChI is InChI=1S/C10H13NO2S/c1-7-4-5-8(6-9(7)13-3)11(2)10(12)14/h4-6H,1-3H3,(H,12,14). The fourth-order valence-corrected chi connectivity index (χ4v) is 1.24. The molecule has 0 aliphatic carbocycles. The number of amides is 1. The van der Waals surface area contributed by atoms with Gasteiger partial charge in [0.2, 0.25) is 0 Å². The molecule has 0 radical (unpaired) electrons. The van der Waals surface area contributed by atoms with E-state index in [1.807, 2.05) is 25.1 Å². The fourth-order valence-electron chi connectivity index (χ4n) is 1.13. The van der Waals surface area contributed by atoms with Gasteiger partial charge in [-0.15, -0.1) is 0 Å². The first-order valence-electron chi connectivity index (χ1n) is 4.17. The van der Waals surface area contributed by atoms with Gasteiger partial charge in [-0.05, 0) is 18.6 Å². The molecule has 0 aromatic heterocycles. The Balaban J connectivity index is 3.06. The lowest BCUT2D eigenvalue weighted by atomic mass is 10.2. The number of hydrogen-bond acceptors (Lipinski definition) is 2. The summed E-state index contributed by atoms with van der Waals surface area (Å²) in [7, 11) is 3.27. The Morgan fingerprint density at radius 3 is 2.64 bits per heavy atom. The van der Waals surface area contributed by atoms with Crippen LogP contribution in [0.25, 0.3) is 0 Å². The van der Waals surface area contributed by atoms with Crippen LogP contribution in [0.1, 0.15) is 5.56 Å². The van der Waals surface area contributed by atoms with Crippen molar-refractivity contribution in [1.82, 2.24) is 0 Å². The van der Waals surface area contributed by atoms with Crippen LogP contribution in [-0.4, -0.2) is 19.4 Å². The molecule has 0 aliphatic heterocycles. The molecule has 0 saturated heterocycles. The predicted octanol–water partition coefficient (Wildman–Crippen LogP) is 2.49. The van der Waals surface area contributed by atoms with E-state index < -0.39 is 0 Å². The zero-order valence-corrected chi connectivity index (χ0v) is 9.34. The average Bonchev–Trinajstić information content (AvgIpc) is 2.17. The van der Waals surface area contributed by atoms with Gasteiger partial charge in [0, 0.05) is 18.8 Å². The first kappa shape index (κ1) is 10.9. The minimum absolute atomic E-state index is 0.295. The van der Waals surface area contributed by atoms with Crippen LogP contribution in [0.2, 0.25) is 0 Å². The number of methoxy groups -OCH3 is 1. The molecule has 0 atom stereocenters. The molecule has 0 saturated carbocycles. The quantitative estimate of drug-likeness (QED) is 0.762. The lowest BCUT2D eigenvalue weighted by Gasteiger charge is -2.15. The number of ether oxygens (including phenoxy) is 1. The summed E-state index contributed by atoms with van der Waals surface area (Å²) < 4.78 is 5.15. The number of carbonyl (C=O) groups is 1. The fraction of sp³-hybridized carbons (Fsp3) is 0.300. The number of benzene rings is 1. The van der Waals surface area contributed by atoms with E-state index in [4.69, 9.17) is 4.74 Å². The Kier molecular flexibility index (Phi) is 3.41. The van der Waals surface area contributed by atoms with Gasteiger partial charge in [0.25, 0.3) is 5.24 Å². The van der Waals surface area contributed by atoms with E-state index in [0.29, 0.717) is 0 Å². The summed E-state index contributed by atoms with van der Waals surface area (Å²) in [5.41, 5.74) is 1.81. The molecule has 0 aliphatic rings. The molecule has 0 bridgehead atoms. The number of aryl methyl sites for hydroxylation is 1.